The number of nitrogens with one attached hydrogen (secondary N) is 1. The zero-order chi connectivity index (χ0) is 22.1. The summed E-state index contributed by atoms with van der Waals surface area (Å²) in [5.74, 6) is -0.962. The predicted octanol–water partition coefficient (Wildman–Crippen LogP) is 2.73. The molecule has 2 aromatic rings. The van der Waals surface area contributed by atoms with E-state index in [9.17, 15) is 19.2 Å². The molecular formula is C24H25N3O4. The molecule has 2 aromatic carbocycles. The minimum Gasteiger partial charge on any atom is -0.349 e. The van der Waals surface area contributed by atoms with Crippen LogP contribution >= 0.6 is 0 Å². The summed E-state index contributed by atoms with van der Waals surface area (Å²) in [6.45, 7) is 4.70. The van der Waals surface area contributed by atoms with Crippen LogP contribution in [-0.4, -0.2) is 58.6 Å². The van der Waals surface area contributed by atoms with E-state index in [-0.39, 0.29) is 41.3 Å². The zero-order valence-corrected chi connectivity index (χ0v) is 17.6. The summed E-state index contributed by atoms with van der Waals surface area (Å²) in [6, 6.07) is 13.5. The molecular weight excluding hydrogens is 394 g/mol. The molecule has 160 valence electrons. The number of carbonyl (C=O) groups is 4. The van der Waals surface area contributed by atoms with E-state index >= 15 is 0 Å². The SMILES string of the molecule is CC(C)N1C(=O)c2ccc(C(=O)NC3CCN(C(=O)c4ccccc4)CC3)cc2C1=O. The lowest BCUT2D eigenvalue weighted by atomic mass is 10.0. The summed E-state index contributed by atoms with van der Waals surface area (Å²) < 4.78 is 0. The van der Waals surface area contributed by atoms with Crippen molar-refractivity contribution in [3.8, 4) is 0 Å². The Bertz CT molecular complexity index is 1040. The number of carbonyl (C=O) groups excluding carboxylic acids is 4. The zero-order valence-electron chi connectivity index (χ0n) is 17.6. The number of benzene rings is 2. The van der Waals surface area contributed by atoms with E-state index in [0.717, 1.165) is 0 Å². The van der Waals surface area contributed by atoms with Crippen LogP contribution in [0.1, 0.15) is 68.1 Å². The van der Waals surface area contributed by atoms with Crippen molar-refractivity contribution in [3.05, 3.63) is 70.8 Å². The molecule has 0 bridgehead atoms. The lowest BCUT2D eigenvalue weighted by molar-refractivity contribution is 0.0607. The maximum absolute atomic E-state index is 12.8. The van der Waals surface area contributed by atoms with Gasteiger partial charge in [0.1, 0.15) is 0 Å². The highest BCUT2D eigenvalue weighted by Gasteiger charge is 2.37. The van der Waals surface area contributed by atoms with Crippen molar-refractivity contribution < 1.29 is 19.2 Å². The number of hydrogen-bond donors (Lipinski definition) is 1. The Balaban J connectivity index is 1.38. The van der Waals surface area contributed by atoms with Crippen LogP contribution in [0.3, 0.4) is 0 Å². The summed E-state index contributed by atoms with van der Waals surface area (Å²) in [5.41, 5.74) is 1.63. The average molecular weight is 419 g/mol. The molecule has 0 spiro atoms. The van der Waals surface area contributed by atoms with Crippen LogP contribution in [-0.2, 0) is 0 Å². The van der Waals surface area contributed by atoms with Crippen molar-refractivity contribution in [2.75, 3.05) is 13.1 Å². The molecule has 7 nitrogen and oxygen atoms in total. The van der Waals surface area contributed by atoms with Crippen molar-refractivity contribution in [1.29, 1.82) is 0 Å². The first kappa shape index (κ1) is 20.8. The second-order valence-electron chi connectivity index (χ2n) is 8.24. The third kappa shape index (κ3) is 3.95. The van der Waals surface area contributed by atoms with Crippen molar-refractivity contribution in [3.63, 3.8) is 0 Å². The van der Waals surface area contributed by atoms with Crippen LogP contribution in [0, 0.1) is 0 Å². The van der Waals surface area contributed by atoms with Gasteiger partial charge in [0.2, 0.25) is 0 Å². The van der Waals surface area contributed by atoms with Crippen molar-refractivity contribution in [2.45, 2.75) is 38.8 Å². The molecule has 0 atom stereocenters. The number of fused-ring (bicyclic) bond motifs is 1. The summed E-state index contributed by atoms with van der Waals surface area (Å²) in [4.78, 5) is 53.3. The molecule has 2 aliphatic rings. The molecule has 4 amide bonds. The lowest BCUT2D eigenvalue weighted by Gasteiger charge is -2.32. The van der Waals surface area contributed by atoms with Crippen molar-refractivity contribution >= 4 is 23.6 Å². The van der Waals surface area contributed by atoms with Crippen LogP contribution in [0.5, 0.6) is 0 Å². The Morgan fingerprint density at radius 2 is 1.55 bits per heavy atom. The van der Waals surface area contributed by atoms with E-state index in [1.54, 1.807) is 43.0 Å². The normalized spacial score (nSPS) is 16.6. The molecule has 2 heterocycles. The van der Waals surface area contributed by atoms with Crippen molar-refractivity contribution in [2.24, 2.45) is 0 Å². The molecule has 1 saturated heterocycles. The number of nitrogens with zero attached hydrogens (tertiary/aromatic N) is 2. The molecule has 0 aromatic heterocycles. The lowest BCUT2D eigenvalue weighted by Crippen LogP contribution is -2.46. The van der Waals surface area contributed by atoms with E-state index in [1.165, 1.54) is 11.0 Å². The Kier molecular flexibility index (Phi) is 5.59. The van der Waals surface area contributed by atoms with Gasteiger partial charge in [-0.25, -0.2) is 0 Å². The van der Waals surface area contributed by atoms with Gasteiger partial charge >= 0.3 is 0 Å². The number of hydrogen-bond acceptors (Lipinski definition) is 4. The van der Waals surface area contributed by atoms with E-state index in [1.807, 2.05) is 18.2 Å². The minimum absolute atomic E-state index is 0.00175. The summed E-state index contributed by atoms with van der Waals surface area (Å²) in [7, 11) is 0. The van der Waals surface area contributed by atoms with Gasteiger partial charge in [0.05, 0.1) is 11.1 Å². The fraction of sp³-hybridized carbons (Fsp3) is 0.333. The second-order valence-corrected chi connectivity index (χ2v) is 8.24. The minimum atomic E-state index is -0.364. The first-order chi connectivity index (χ1) is 14.9. The number of amides is 4. The van der Waals surface area contributed by atoms with E-state index in [2.05, 4.69) is 5.32 Å². The fourth-order valence-electron chi connectivity index (χ4n) is 4.13. The first-order valence-electron chi connectivity index (χ1n) is 10.5. The Labute approximate surface area is 181 Å². The van der Waals surface area contributed by atoms with Gasteiger partial charge in [0.15, 0.2) is 0 Å². The fourth-order valence-corrected chi connectivity index (χ4v) is 4.13. The first-order valence-corrected chi connectivity index (χ1v) is 10.5. The van der Waals surface area contributed by atoms with Crippen LogP contribution < -0.4 is 5.32 Å². The van der Waals surface area contributed by atoms with Gasteiger partial charge in [0.25, 0.3) is 23.6 Å². The Morgan fingerprint density at radius 3 is 2.19 bits per heavy atom. The largest absolute Gasteiger partial charge is 0.349 e. The highest BCUT2D eigenvalue weighted by Crippen LogP contribution is 2.26. The Hall–Kier alpha value is -3.48. The third-order valence-electron chi connectivity index (χ3n) is 5.83. The summed E-state index contributed by atoms with van der Waals surface area (Å²) in [6.07, 6.45) is 1.32. The smallest absolute Gasteiger partial charge is 0.261 e. The van der Waals surface area contributed by atoms with Crippen LogP contribution in [0.2, 0.25) is 0 Å². The number of rotatable bonds is 4. The molecule has 2 aliphatic heterocycles. The van der Waals surface area contributed by atoms with Gasteiger partial charge in [0, 0.05) is 36.3 Å². The highest BCUT2D eigenvalue weighted by atomic mass is 16.2. The molecule has 7 heteroatoms. The average Bonchev–Trinajstić information content (AvgIpc) is 3.04. The number of likely N-dealkylation sites (tertiary alicyclic amines) is 1. The molecule has 0 unspecified atom stereocenters. The van der Waals surface area contributed by atoms with E-state index in [0.29, 0.717) is 42.6 Å². The second kappa shape index (κ2) is 8.34. The quantitative estimate of drug-likeness (QED) is 0.772. The number of piperidine rings is 1. The molecule has 4 rings (SSSR count). The third-order valence-corrected chi connectivity index (χ3v) is 5.83. The highest BCUT2D eigenvalue weighted by molar-refractivity contribution is 6.22. The Morgan fingerprint density at radius 1 is 0.903 bits per heavy atom. The van der Waals surface area contributed by atoms with Gasteiger partial charge < -0.3 is 10.2 Å². The molecule has 31 heavy (non-hydrogen) atoms. The van der Waals surface area contributed by atoms with Crippen LogP contribution in [0.25, 0.3) is 0 Å². The topological polar surface area (TPSA) is 86.8 Å². The van der Waals surface area contributed by atoms with Gasteiger partial charge in [-0.05, 0) is 57.0 Å². The maximum Gasteiger partial charge on any atom is 0.261 e. The van der Waals surface area contributed by atoms with Crippen LogP contribution in [0.15, 0.2) is 48.5 Å². The predicted molar refractivity (Wildman–Crippen MR) is 115 cm³/mol. The molecule has 0 saturated carbocycles. The van der Waals surface area contributed by atoms with Gasteiger partial charge in [-0.2, -0.15) is 0 Å². The van der Waals surface area contributed by atoms with Gasteiger partial charge in [-0.3, -0.25) is 24.1 Å². The summed E-state index contributed by atoms with van der Waals surface area (Å²) in [5, 5.41) is 3.00. The maximum atomic E-state index is 12.8. The van der Waals surface area contributed by atoms with Gasteiger partial charge in [-0.15, -0.1) is 0 Å². The number of imide groups is 1. The molecule has 1 fully saturated rings. The molecule has 1 N–H and O–H groups in total. The van der Waals surface area contributed by atoms with E-state index in [4.69, 9.17) is 0 Å². The standard InChI is InChI=1S/C24H25N3O4/c1-15(2)27-23(30)19-9-8-17(14-20(19)24(27)31)21(28)25-18-10-12-26(13-11-18)22(29)16-6-4-3-5-7-16/h3-9,14-15,18H,10-13H2,1-2H3,(H,25,28). The summed E-state index contributed by atoms with van der Waals surface area (Å²) >= 11 is 0. The molecule has 0 radical (unpaired) electrons. The monoisotopic (exact) mass is 419 g/mol. The molecule has 0 aliphatic carbocycles. The van der Waals surface area contributed by atoms with Crippen molar-refractivity contribution in [1.82, 2.24) is 15.1 Å². The van der Waals surface area contributed by atoms with Gasteiger partial charge in [-0.1, -0.05) is 18.2 Å². The van der Waals surface area contributed by atoms with Crippen LogP contribution in [0.4, 0.5) is 0 Å². The van der Waals surface area contributed by atoms with E-state index < -0.39 is 0 Å².